The summed E-state index contributed by atoms with van der Waals surface area (Å²) in [6, 6.07) is 15.1. The number of isocyanates is 1. The van der Waals surface area contributed by atoms with Gasteiger partial charge in [-0.15, -0.1) is 0 Å². The smallest absolute Gasteiger partial charge is 0.211 e. The van der Waals surface area contributed by atoms with E-state index in [1.165, 1.54) is 11.6 Å². The molecule has 0 saturated heterocycles. The van der Waals surface area contributed by atoms with E-state index in [0.29, 0.717) is 10.7 Å². The minimum atomic E-state index is 0.275. The van der Waals surface area contributed by atoms with Crippen molar-refractivity contribution < 1.29 is 4.79 Å². The zero-order valence-electron chi connectivity index (χ0n) is 9.73. The van der Waals surface area contributed by atoms with E-state index in [0.717, 1.165) is 0 Å². The van der Waals surface area contributed by atoms with Crippen molar-refractivity contribution in [1.29, 1.82) is 0 Å². The number of carbonyl (C=O) groups excluding carboxylic acids is 1. The molecule has 0 heterocycles. The lowest BCUT2D eigenvalue weighted by Crippen LogP contribution is -1.69. The first-order valence-corrected chi connectivity index (χ1v) is 5.94. The largest absolute Gasteiger partial charge is 0.240 e. The van der Waals surface area contributed by atoms with E-state index in [-0.39, 0.29) is 5.02 Å². The van der Waals surface area contributed by atoms with Crippen LogP contribution in [0, 0.1) is 6.92 Å². The Morgan fingerprint density at radius 3 is 2.17 bits per heavy atom. The van der Waals surface area contributed by atoms with Crippen LogP contribution in [0.5, 0.6) is 0 Å². The van der Waals surface area contributed by atoms with Crippen LogP contribution in [-0.2, 0) is 4.79 Å². The second-order valence-corrected chi connectivity index (χ2v) is 4.22. The molecular formula is C14H11Cl2NO. The van der Waals surface area contributed by atoms with E-state index < -0.39 is 0 Å². The summed E-state index contributed by atoms with van der Waals surface area (Å²) in [5, 5.41) is 0.653. The second-order valence-electron chi connectivity index (χ2n) is 3.43. The molecule has 4 heteroatoms. The van der Waals surface area contributed by atoms with Crippen LogP contribution in [0.15, 0.2) is 53.5 Å². The number of aryl methyl sites for hydroxylation is 1. The zero-order valence-corrected chi connectivity index (χ0v) is 11.2. The molecule has 18 heavy (non-hydrogen) atoms. The molecule has 0 aliphatic rings. The first kappa shape index (κ1) is 14.5. The van der Waals surface area contributed by atoms with Crippen molar-refractivity contribution in [3.63, 3.8) is 0 Å². The van der Waals surface area contributed by atoms with Gasteiger partial charge in [0.05, 0.1) is 15.7 Å². The molecule has 0 spiro atoms. The number of hydrogen-bond donors (Lipinski definition) is 0. The van der Waals surface area contributed by atoms with Gasteiger partial charge in [0.15, 0.2) is 0 Å². The van der Waals surface area contributed by atoms with E-state index in [4.69, 9.17) is 23.2 Å². The number of aliphatic imine (C=N–C) groups is 1. The SMILES string of the molecule is Cc1ccccc1.O=C=Nc1cccc(Cl)c1Cl. The van der Waals surface area contributed by atoms with Gasteiger partial charge in [0.2, 0.25) is 6.08 Å². The Bertz CT molecular complexity index is 549. The molecule has 0 aromatic heterocycles. The van der Waals surface area contributed by atoms with Crippen molar-refractivity contribution in [2.45, 2.75) is 6.92 Å². The Balaban J connectivity index is 0.000000199. The van der Waals surface area contributed by atoms with Gasteiger partial charge in [-0.1, -0.05) is 65.2 Å². The third-order valence-electron chi connectivity index (χ3n) is 2.04. The summed E-state index contributed by atoms with van der Waals surface area (Å²) in [7, 11) is 0. The average Bonchev–Trinajstić information content (AvgIpc) is 2.37. The van der Waals surface area contributed by atoms with Gasteiger partial charge in [-0.3, -0.25) is 0 Å². The maximum Gasteiger partial charge on any atom is 0.240 e. The minimum Gasteiger partial charge on any atom is -0.211 e. The third-order valence-corrected chi connectivity index (χ3v) is 2.85. The van der Waals surface area contributed by atoms with Crippen LogP contribution in [0.4, 0.5) is 5.69 Å². The van der Waals surface area contributed by atoms with Crippen LogP contribution in [0.2, 0.25) is 10.0 Å². The van der Waals surface area contributed by atoms with Crippen molar-refractivity contribution in [2.75, 3.05) is 0 Å². The van der Waals surface area contributed by atoms with Crippen molar-refractivity contribution in [1.82, 2.24) is 0 Å². The molecule has 2 aromatic rings. The summed E-state index contributed by atoms with van der Waals surface area (Å²) in [4.78, 5) is 13.2. The first-order chi connectivity index (χ1) is 8.65. The minimum absolute atomic E-state index is 0.275. The Hall–Kier alpha value is -1.60. The van der Waals surface area contributed by atoms with Crippen LogP contribution in [-0.4, -0.2) is 6.08 Å². The molecule has 2 aromatic carbocycles. The fourth-order valence-electron chi connectivity index (χ4n) is 1.16. The highest BCUT2D eigenvalue weighted by Crippen LogP contribution is 2.30. The maximum absolute atomic E-state index is 9.84. The molecule has 92 valence electrons. The van der Waals surface area contributed by atoms with Gasteiger partial charge in [0.25, 0.3) is 0 Å². The highest BCUT2D eigenvalue weighted by molar-refractivity contribution is 6.43. The van der Waals surface area contributed by atoms with Crippen molar-refractivity contribution in [3.05, 3.63) is 64.1 Å². The van der Waals surface area contributed by atoms with Crippen molar-refractivity contribution in [2.24, 2.45) is 4.99 Å². The molecule has 0 N–H and O–H groups in total. The summed E-state index contributed by atoms with van der Waals surface area (Å²) in [6.45, 7) is 2.08. The van der Waals surface area contributed by atoms with Gasteiger partial charge < -0.3 is 0 Å². The second kappa shape index (κ2) is 7.67. The maximum atomic E-state index is 9.84. The molecule has 0 saturated carbocycles. The summed E-state index contributed by atoms with van der Waals surface area (Å²) in [5.74, 6) is 0. The number of benzene rings is 2. The molecule has 0 fully saturated rings. The normalized spacial score (nSPS) is 8.83. The number of hydrogen-bond acceptors (Lipinski definition) is 2. The topological polar surface area (TPSA) is 29.4 Å². The van der Waals surface area contributed by atoms with E-state index >= 15 is 0 Å². The quantitative estimate of drug-likeness (QED) is 0.536. The van der Waals surface area contributed by atoms with Crippen LogP contribution in [0.25, 0.3) is 0 Å². The Morgan fingerprint density at radius 2 is 1.67 bits per heavy atom. The Labute approximate surface area is 116 Å². The van der Waals surface area contributed by atoms with Gasteiger partial charge in [-0.05, 0) is 19.1 Å². The monoisotopic (exact) mass is 279 g/mol. The zero-order chi connectivity index (χ0) is 13.4. The third kappa shape index (κ3) is 4.72. The highest BCUT2D eigenvalue weighted by atomic mass is 35.5. The predicted molar refractivity (Wildman–Crippen MR) is 75.4 cm³/mol. The molecular weight excluding hydrogens is 269 g/mol. The summed E-state index contributed by atoms with van der Waals surface area (Å²) >= 11 is 11.3. The number of halogens is 2. The Morgan fingerprint density at radius 1 is 1.00 bits per heavy atom. The summed E-state index contributed by atoms with van der Waals surface area (Å²) in [6.07, 6.45) is 1.38. The average molecular weight is 280 g/mol. The molecule has 0 aliphatic carbocycles. The standard InChI is InChI=1S/C7H3Cl2NO.C7H8/c8-5-2-1-3-6(7(5)9)10-4-11;1-7-5-3-2-4-6-7/h1-3H;2-6H,1H3. The van der Waals surface area contributed by atoms with E-state index in [9.17, 15) is 4.79 Å². The van der Waals surface area contributed by atoms with Gasteiger partial charge in [-0.2, -0.15) is 4.99 Å². The van der Waals surface area contributed by atoms with E-state index in [1.54, 1.807) is 18.2 Å². The highest BCUT2D eigenvalue weighted by Gasteiger charge is 2.01. The molecule has 0 bridgehead atoms. The van der Waals surface area contributed by atoms with Crippen LogP contribution >= 0.6 is 23.2 Å². The predicted octanol–water partition coefficient (Wildman–Crippen LogP) is 4.96. The van der Waals surface area contributed by atoms with Gasteiger partial charge in [-0.25, -0.2) is 4.79 Å². The lowest BCUT2D eigenvalue weighted by molar-refractivity contribution is 0.565. The lowest BCUT2D eigenvalue weighted by atomic mass is 10.2. The fourth-order valence-corrected chi connectivity index (χ4v) is 1.50. The fraction of sp³-hybridized carbons (Fsp3) is 0.0714. The van der Waals surface area contributed by atoms with E-state index in [1.807, 2.05) is 18.2 Å². The number of rotatable bonds is 1. The molecule has 2 nitrogen and oxygen atoms in total. The molecule has 0 aliphatic heterocycles. The number of nitrogens with zero attached hydrogens (tertiary/aromatic N) is 1. The van der Waals surface area contributed by atoms with Crippen molar-refractivity contribution in [3.8, 4) is 0 Å². The molecule has 0 unspecified atom stereocenters. The van der Waals surface area contributed by atoms with Gasteiger partial charge >= 0.3 is 0 Å². The summed E-state index contributed by atoms with van der Waals surface area (Å²) in [5.41, 5.74) is 1.66. The van der Waals surface area contributed by atoms with E-state index in [2.05, 4.69) is 24.0 Å². The summed E-state index contributed by atoms with van der Waals surface area (Å²) < 4.78 is 0. The molecule has 0 radical (unpaired) electrons. The van der Waals surface area contributed by atoms with Crippen molar-refractivity contribution >= 4 is 35.0 Å². The van der Waals surface area contributed by atoms with Crippen LogP contribution in [0.1, 0.15) is 5.56 Å². The Kier molecular flexibility index (Phi) is 6.16. The molecule has 2 rings (SSSR count). The molecule has 0 atom stereocenters. The van der Waals surface area contributed by atoms with Crippen LogP contribution in [0.3, 0.4) is 0 Å². The first-order valence-electron chi connectivity index (χ1n) is 5.18. The molecule has 0 amide bonds. The van der Waals surface area contributed by atoms with Gasteiger partial charge in [0, 0.05) is 0 Å². The van der Waals surface area contributed by atoms with Gasteiger partial charge in [0.1, 0.15) is 0 Å². The lowest BCUT2D eigenvalue weighted by Gasteiger charge is -1.95. The van der Waals surface area contributed by atoms with Crippen LogP contribution < -0.4 is 0 Å².